The van der Waals surface area contributed by atoms with Gasteiger partial charge in [0.05, 0.1) is 18.1 Å². The molecular formula is C12H15ClN4. The van der Waals surface area contributed by atoms with Gasteiger partial charge in [0.1, 0.15) is 0 Å². The molecule has 0 unspecified atom stereocenters. The highest BCUT2D eigenvalue weighted by Crippen LogP contribution is 2.21. The Labute approximate surface area is 106 Å². The molecule has 0 radical (unpaired) electrons. The normalized spacial score (nSPS) is 10.5. The number of aromatic nitrogens is 3. The zero-order chi connectivity index (χ0) is 12.3. The first kappa shape index (κ1) is 11.9. The van der Waals surface area contributed by atoms with Gasteiger partial charge in [-0.3, -0.25) is 9.67 Å². The Bertz CT molecular complexity index is 495. The van der Waals surface area contributed by atoms with E-state index in [-0.39, 0.29) is 0 Å². The zero-order valence-corrected chi connectivity index (χ0v) is 10.7. The monoisotopic (exact) mass is 250 g/mol. The maximum atomic E-state index is 5.91. The highest BCUT2D eigenvalue weighted by atomic mass is 35.5. The summed E-state index contributed by atoms with van der Waals surface area (Å²) in [6.07, 6.45) is 7.48. The highest BCUT2D eigenvalue weighted by molar-refractivity contribution is 6.17. The molecule has 0 N–H and O–H groups in total. The van der Waals surface area contributed by atoms with Gasteiger partial charge < -0.3 is 4.90 Å². The predicted molar refractivity (Wildman–Crippen MR) is 69.1 cm³/mol. The van der Waals surface area contributed by atoms with Gasteiger partial charge in [0.15, 0.2) is 0 Å². The van der Waals surface area contributed by atoms with Gasteiger partial charge in [0.2, 0.25) is 0 Å². The molecule has 0 atom stereocenters. The van der Waals surface area contributed by atoms with Crippen molar-refractivity contribution < 1.29 is 0 Å². The summed E-state index contributed by atoms with van der Waals surface area (Å²) >= 11 is 5.91. The average Bonchev–Trinajstić information content (AvgIpc) is 2.74. The number of pyridine rings is 1. The topological polar surface area (TPSA) is 34.0 Å². The molecule has 0 aliphatic rings. The molecule has 0 saturated heterocycles. The minimum absolute atomic E-state index is 0.495. The van der Waals surface area contributed by atoms with E-state index in [4.69, 9.17) is 11.6 Å². The Balaban J connectivity index is 2.16. The van der Waals surface area contributed by atoms with Gasteiger partial charge in [-0.1, -0.05) is 0 Å². The van der Waals surface area contributed by atoms with Crippen LogP contribution in [0.4, 0.5) is 5.69 Å². The summed E-state index contributed by atoms with van der Waals surface area (Å²) in [6, 6.07) is 1.95. The fourth-order valence-corrected chi connectivity index (χ4v) is 2.01. The van der Waals surface area contributed by atoms with Crippen LogP contribution in [0.25, 0.3) is 0 Å². The van der Waals surface area contributed by atoms with Gasteiger partial charge in [-0.05, 0) is 11.6 Å². The van der Waals surface area contributed by atoms with Crippen molar-refractivity contribution >= 4 is 17.3 Å². The summed E-state index contributed by atoms with van der Waals surface area (Å²) < 4.78 is 1.80. The second kappa shape index (κ2) is 5.19. The van der Waals surface area contributed by atoms with Crippen molar-refractivity contribution in [2.45, 2.75) is 12.4 Å². The molecule has 0 amide bonds. The van der Waals surface area contributed by atoms with Crippen molar-refractivity contribution in [1.29, 1.82) is 0 Å². The zero-order valence-electron chi connectivity index (χ0n) is 9.97. The van der Waals surface area contributed by atoms with Gasteiger partial charge in [0.25, 0.3) is 0 Å². The third kappa shape index (κ3) is 2.77. The summed E-state index contributed by atoms with van der Waals surface area (Å²) in [5.41, 5.74) is 3.32. The minimum atomic E-state index is 0.495. The molecule has 5 heteroatoms. The highest BCUT2D eigenvalue weighted by Gasteiger charge is 2.08. The van der Waals surface area contributed by atoms with Crippen LogP contribution in [0.2, 0.25) is 0 Å². The summed E-state index contributed by atoms with van der Waals surface area (Å²) in [5.74, 6) is 0.495. The van der Waals surface area contributed by atoms with Crippen molar-refractivity contribution in [3.05, 3.63) is 42.0 Å². The Morgan fingerprint density at radius 1 is 1.41 bits per heavy atom. The molecule has 0 aliphatic heterocycles. The molecule has 0 fully saturated rings. The number of anilines is 1. The molecule has 2 aromatic rings. The minimum Gasteiger partial charge on any atom is -0.369 e. The first-order chi connectivity index (χ1) is 8.20. The van der Waals surface area contributed by atoms with Crippen molar-refractivity contribution in [2.75, 3.05) is 11.9 Å². The molecule has 17 heavy (non-hydrogen) atoms. The van der Waals surface area contributed by atoms with Crippen LogP contribution in [0.5, 0.6) is 0 Å². The lowest BCUT2D eigenvalue weighted by atomic mass is 10.2. The maximum absolute atomic E-state index is 5.91. The van der Waals surface area contributed by atoms with Gasteiger partial charge in [-0.25, -0.2) is 0 Å². The van der Waals surface area contributed by atoms with Crippen LogP contribution in [0, 0.1) is 0 Å². The Morgan fingerprint density at radius 2 is 2.24 bits per heavy atom. The fourth-order valence-electron chi connectivity index (χ4n) is 1.78. The number of rotatable bonds is 4. The molecule has 90 valence electrons. The Morgan fingerprint density at radius 3 is 2.88 bits per heavy atom. The van der Waals surface area contributed by atoms with Crippen LogP contribution < -0.4 is 4.90 Å². The second-order valence-electron chi connectivity index (χ2n) is 4.02. The van der Waals surface area contributed by atoms with Crippen LogP contribution in [-0.4, -0.2) is 21.8 Å². The quantitative estimate of drug-likeness (QED) is 0.780. The van der Waals surface area contributed by atoms with Gasteiger partial charge in [-0.15, -0.1) is 11.6 Å². The van der Waals surface area contributed by atoms with Crippen LogP contribution in [0.15, 0.2) is 30.9 Å². The summed E-state index contributed by atoms with van der Waals surface area (Å²) in [4.78, 5) is 6.27. The Kier molecular flexibility index (Phi) is 3.64. The van der Waals surface area contributed by atoms with Crippen LogP contribution in [0.3, 0.4) is 0 Å². The molecule has 0 aliphatic carbocycles. The molecule has 2 aromatic heterocycles. The summed E-state index contributed by atoms with van der Waals surface area (Å²) in [7, 11) is 3.94. The lowest BCUT2D eigenvalue weighted by molar-refractivity contribution is 0.766. The first-order valence-electron chi connectivity index (χ1n) is 5.38. The third-order valence-electron chi connectivity index (χ3n) is 2.62. The lowest BCUT2D eigenvalue weighted by Gasteiger charge is -2.20. The van der Waals surface area contributed by atoms with E-state index in [1.807, 2.05) is 38.8 Å². The van der Waals surface area contributed by atoms with Crippen LogP contribution in [-0.2, 0) is 19.5 Å². The van der Waals surface area contributed by atoms with Gasteiger partial charge in [0, 0.05) is 44.5 Å². The van der Waals surface area contributed by atoms with Crippen molar-refractivity contribution in [3.63, 3.8) is 0 Å². The van der Waals surface area contributed by atoms with Crippen LogP contribution >= 0.6 is 11.6 Å². The standard InChI is InChI=1S/C12H15ClN4/c1-16(8-10-6-15-17(2)9-10)12-7-14-4-3-11(12)5-13/h3-4,6-7,9H,5,8H2,1-2H3. The summed E-state index contributed by atoms with van der Waals surface area (Å²) in [5, 5.41) is 4.15. The third-order valence-corrected chi connectivity index (χ3v) is 2.91. The molecular weight excluding hydrogens is 236 g/mol. The van der Waals surface area contributed by atoms with E-state index in [1.165, 1.54) is 5.56 Å². The maximum Gasteiger partial charge on any atom is 0.0597 e. The molecule has 2 rings (SSSR count). The number of alkyl halides is 1. The smallest absolute Gasteiger partial charge is 0.0597 e. The lowest BCUT2D eigenvalue weighted by Crippen LogP contribution is -2.17. The molecule has 0 spiro atoms. The summed E-state index contributed by atoms with van der Waals surface area (Å²) in [6.45, 7) is 0.795. The van der Waals surface area contributed by atoms with E-state index in [0.717, 1.165) is 17.8 Å². The predicted octanol–water partition coefficient (Wildman–Crippen LogP) is 2.19. The number of aryl methyl sites for hydroxylation is 1. The molecule has 2 heterocycles. The molecule has 4 nitrogen and oxygen atoms in total. The first-order valence-corrected chi connectivity index (χ1v) is 5.91. The van der Waals surface area contributed by atoms with E-state index in [2.05, 4.69) is 15.0 Å². The fraction of sp³-hybridized carbons (Fsp3) is 0.333. The largest absolute Gasteiger partial charge is 0.369 e. The van der Waals surface area contributed by atoms with Gasteiger partial charge >= 0.3 is 0 Å². The molecule has 0 saturated carbocycles. The number of hydrogen-bond donors (Lipinski definition) is 0. The van der Waals surface area contributed by atoms with Crippen molar-refractivity contribution in [3.8, 4) is 0 Å². The van der Waals surface area contributed by atoms with E-state index in [0.29, 0.717) is 5.88 Å². The van der Waals surface area contributed by atoms with E-state index in [1.54, 1.807) is 10.9 Å². The van der Waals surface area contributed by atoms with E-state index < -0.39 is 0 Å². The number of hydrogen-bond acceptors (Lipinski definition) is 3. The SMILES string of the molecule is CN(Cc1cnn(C)c1)c1cnccc1CCl. The average molecular weight is 251 g/mol. The van der Waals surface area contributed by atoms with Crippen molar-refractivity contribution in [1.82, 2.24) is 14.8 Å². The van der Waals surface area contributed by atoms with Crippen molar-refractivity contribution in [2.24, 2.45) is 7.05 Å². The van der Waals surface area contributed by atoms with E-state index >= 15 is 0 Å². The molecule has 0 bridgehead atoms. The van der Waals surface area contributed by atoms with Gasteiger partial charge in [-0.2, -0.15) is 5.10 Å². The number of nitrogens with zero attached hydrogens (tertiary/aromatic N) is 4. The Hall–Kier alpha value is -1.55. The number of halogens is 1. The van der Waals surface area contributed by atoms with Crippen LogP contribution in [0.1, 0.15) is 11.1 Å². The van der Waals surface area contributed by atoms with E-state index in [9.17, 15) is 0 Å². The molecule has 0 aromatic carbocycles. The second-order valence-corrected chi connectivity index (χ2v) is 4.28.